The minimum Gasteiger partial charge on any atom is -0.316 e. The molecule has 0 aromatic rings. The Morgan fingerprint density at radius 1 is 0.917 bits per heavy atom. The van der Waals surface area contributed by atoms with E-state index in [1.165, 1.54) is 51.6 Å². The molecule has 0 aromatic heterocycles. The molecule has 2 fully saturated rings. The topological polar surface area (TPSA) is 12.0 Å². The first-order valence-corrected chi connectivity index (χ1v) is 6.25. The van der Waals surface area contributed by atoms with Crippen LogP contribution in [-0.2, 0) is 0 Å². The quantitative estimate of drug-likeness (QED) is 0.709. The first-order chi connectivity index (χ1) is 5.95. The van der Waals surface area contributed by atoms with Gasteiger partial charge in [0.1, 0.15) is 0 Å². The SMILES string of the molecule is C1CCC(S[C@H]2CCNC2)CC1. The molecule has 1 nitrogen and oxygen atoms in total. The van der Waals surface area contributed by atoms with Gasteiger partial charge in [-0.3, -0.25) is 0 Å². The van der Waals surface area contributed by atoms with Crippen molar-refractivity contribution < 1.29 is 0 Å². The molecule has 0 aromatic carbocycles. The van der Waals surface area contributed by atoms with Crippen molar-refractivity contribution in [2.45, 2.75) is 49.0 Å². The number of thioether (sulfide) groups is 1. The molecule has 1 saturated carbocycles. The van der Waals surface area contributed by atoms with Crippen LogP contribution in [0.4, 0.5) is 0 Å². The summed E-state index contributed by atoms with van der Waals surface area (Å²) in [6, 6.07) is 0. The summed E-state index contributed by atoms with van der Waals surface area (Å²) in [6.45, 7) is 2.52. The molecular weight excluding hydrogens is 166 g/mol. The maximum absolute atomic E-state index is 3.44. The van der Waals surface area contributed by atoms with Crippen molar-refractivity contribution in [2.75, 3.05) is 13.1 Å². The molecule has 0 bridgehead atoms. The van der Waals surface area contributed by atoms with E-state index in [-0.39, 0.29) is 0 Å². The molecule has 1 atom stereocenters. The van der Waals surface area contributed by atoms with Crippen LogP contribution in [-0.4, -0.2) is 23.6 Å². The second-order valence-corrected chi connectivity index (χ2v) is 5.62. The van der Waals surface area contributed by atoms with Gasteiger partial charge >= 0.3 is 0 Å². The minimum absolute atomic E-state index is 0.938. The van der Waals surface area contributed by atoms with Crippen molar-refractivity contribution in [1.29, 1.82) is 0 Å². The highest BCUT2D eigenvalue weighted by Crippen LogP contribution is 2.32. The molecule has 1 saturated heterocycles. The molecule has 2 rings (SSSR count). The molecular formula is C10H19NS. The zero-order valence-corrected chi connectivity index (χ0v) is 8.54. The smallest absolute Gasteiger partial charge is 0.0187 e. The van der Waals surface area contributed by atoms with Crippen LogP contribution in [0.25, 0.3) is 0 Å². The third kappa shape index (κ3) is 2.40. The molecule has 0 amide bonds. The molecule has 2 aliphatic rings. The molecule has 1 aliphatic carbocycles. The van der Waals surface area contributed by atoms with Crippen molar-refractivity contribution in [2.24, 2.45) is 0 Å². The number of hydrogen-bond acceptors (Lipinski definition) is 2. The molecule has 0 radical (unpaired) electrons. The third-order valence-corrected chi connectivity index (χ3v) is 4.60. The van der Waals surface area contributed by atoms with Gasteiger partial charge in [0.2, 0.25) is 0 Å². The van der Waals surface area contributed by atoms with Gasteiger partial charge in [-0.05, 0) is 25.8 Å². The maximum atomic E-state index is 3.44. The van der Waals surface area contributed by atoms with E-state index < -0.39 is 0 Å². The maximum Gasteiger partial charge on any atom is 0.0187 e. The summed E-state index contributed by atoms with van der Waals surface area (Å²) < 4.78 is 0. The van der Waals surface area contributed by atoms with Gasteiger partial charge in [0.05, 0.1) is 0 Å². The Morgan fingerprint density at radius 2 is 1.75 bits per heavy atom. The van der Waals surface area contributed by atoms with Crippen molar-refractivity contribution >= 4 is 11.8 Å². The molecule has 1 heterocycles. The van der Waals surface area contributed by atoms with E-state index in [1.807, 2.05) is 0 Å². The second-order valence-electron chi connectivity index (χ2n) is 4.01. The Labute approximate surface area is 79.7 Å². The van der Waals surface area contributed by atoms with E-state index >= 15 is 0 Å². The lowest BCUT2D eigenvalue weighted by atomic mass is 10.0. The predicted molar refractivity (Wildman–Crippen MR) is 55.7 cm³/mol. The molecule has 1 aliphatic heterocycles. The van der Waals surface area contributed by atoms with Gasteiger partial charge in [-0.25, -0.2) is 0 Å². The second kappa shape index (κ2) is 4.52. The lowest BCUT2D eigenvalue weighted by Gasteiger charge is -2.23. The van der Waals surface area contributed by atoms with Gasteiger partial charge in [-0.15, -0.1) is 0 Å². The number of rotatable bonds is 2. The highest BCUT2D eigenvalue weighted by molar-refractivity contribution is 8.00. The summed E-state index contributed by atoms with van der Waals surface area (Å²) in [7, 11) is 0. The van der Waals surface area contributed by atoms with E-state index in [1.54, 1.807) is 0 Å². The summed E-state index contributed by atoms with van der Waals surface area (Å²) >= 11 is 2.27. The van der Waals surface area contributed by atoms with Crippen molar-refractivity contribution in [3.63, 3.8) is 0 Å². The fraction of sp³-hybridized carbons (Fsp3) is 1.00. The van der Waals surface area contributed by atoms with Crippen LogP contribution in [0.3, 0.4) is 0 Å². The van der Waals surface area contributed by atoms with Crippen LogP contribution in [0, 0.1) is 0 Å². The molecule has 12 heavy (non-hydrogen) atoms. The van der Waals surface area contributed by atoms with E-state index in [0.717, 1.165) is 10.5 Å². The fourth-order valence-electron chi connectivity index (χ4n) is 2.22. The fourth-order valence-corrected chi connectivity index (χ4v) is 3.84. The highest BCUT2D eigenvalue weighted by Gasteiger charge is 2.21. The van der Waals surface area contributed by atoms with Gasteiger partial charge in [-0.1, -0.05) is 19.3 Å². The van der Waals surface area contributed by atoms with E-state index in [4.69, 9.17) is 0 Å². The predicted octanol–water partition coefficient (Wildman–Crippen LogP) is 2.41. The van der Waals surface area contributed by atoms with Crippen LogP contribution in [0.5, 0.6) is 0 Å². The van der Waals surface area contributed by atoms with Gasteiger partial charge < -0.3 is 5.32 Å². The first-order valence-electron chi connectivity index (χ1n) is 5.31. The van der Waals surface area contributed by atoms with Crippen LogP contribution in [0.15, 0.2) is 0 Å². The van der Waals surface area contributed by atoms with E-state index in [9.17, 15) is 0 Å². The van der Waals surface area contributed by atoms with Crippen LogP contribution >= 0.6 is 11.8 Å². The average molecular weight is 185 g/mol. The summed E-state index contributed by atoms with van der Waals surface area (Å²) in [5, 5.41) is 5.38. The van der Waals surface area contributed by atoms with Gasteiger partial charge in [0, 0.05) is 17.0 Å². The summed E-state index contributed by atoms with van der Waals surface area (Å²) in [6.07, 6.45) is 8.83. The average Bonchev–Trinajstić information content (AvgIpc) is 2.59. The minimum atomic E-state index is 0.938. The Morgan fingerprint density at radius 3 is 2.42 bits per heavy atom. The normalized spacial score (nSPS) is 32.5. The monoisotopic (exact) mass is 185 g/mol. The molecule has 0 spiro atoms. The largest absolute Gasteiger partial charge is 0.316 e. The lowest BCUT2D eigenvalue weighted by Crippen LogP contribution is -2.16. The number of nitrogens with one attached hydrogen (secondary N) is 1. The van der Waals surface area contributed by atoms with Gasteiger partial charge in [0.15, 0.2) is 0 Å². The number of hydrogen-bond donors (Lipinski definition) is 1. The zero-order chi connectivity index (χ0) is 8.23. The van der Waals surface area contributed by atoms with Crippen molar-refractivity contribution in [1.82, 2.24) is 5.32 Å². The van der Waals surface area contributed by atoms with Crippen LogP contribution < -0.4 is 5.32 Å². The van der Waals surface area contributed by atoms with E-state index in [2.05, 4.69) is 17.1 Å². The standard InChI is InChI=1S/C10H19NS/c1-2-4-9(5-3-1)12-10-6-7-11-8-10/h9-11H,1-8H2/t10-/m0/s1. The highest BCUT2D eigenvalue weighted by atomic mass is 32.2. The van der Waals surface area contributed by atoms with Crippen molar-refractivity contribution in [3.8, 4) is 0 Å². The van der Waals surface area contributed by atoms with Crippen molar-refractivity contribution in [3.05, 3.63) is 0 Å². The van der Waals surface area contributed by atoms with Crippen LogP contribution in [0.2, 0.25) is 0 Å². The molecule has 2 heteroatoms. The Balaban J connectivity index is 1.69. The van der Waals surface area contributed by atoms with Crippen LogP contribution in [0.1, 0.15) is 38.5 Å². The Bertz CT molecular complexity index is 126. The third-order valence-electron chi connectivity index (χ3n) is 2.95. The summed E-state index contributed by atoms with van der Waals surface area (Å²) in [4.78, 5) is 0. The Hall–Kier alpha value is 0.310. The van der Waals surface area contributed by atoms with Gasteiger partial charge in [-0.2, -0.15) is 11.8 Å². The Kier molecular flexibility index (Phi) is 3.35. The molecule has 0 unspecified atom stereocenters. The zero-order valence-electron chi connectivity index (χ0n) is 7.72. The van der Waals surface area contributed by atoms with Gasteiger partial charge in [0.25, 0.3) is 0 Å². The lowest BCUT2D eigenvalue weighted by molar-refractivity contribution is 0.515. The first kappa shape index (κ1) is 8.89. The molecule has 70 valence electrons. The summed E-state index contributed by atoms with van der Waals surface area (Å²) in [5.74, 6) is 0. The van der Waals surface area contributed by atoms with E-state index in [0.29, 0.717) is 0 Å². The summed E-state index contributed by atoms with van der Waals surface area (Å²) in [5.41, 5.74) is 0. The molecule has 1 N–H and O–H groups in total.